The van der Waals surface area contributed by atoms with Crippen LogP contribution in [-0.2, 0) is 6.42 Å². The second-order valence-electron chi connectivity index (χ2n) is 6.99. The highest BCUT2D eigenvalue weighted by atomic mass is 28.4. The van der Waals surface area contributed by atoms with E-state index in [2.05, 4.69) is 48.3 Å². The maximum atomic E-state index is 10.5. The second-order valence-corrected chi connectivity index (χ2v) is 11.5. The van der Waals surface area contributed by atoms with Gasteiger partial charge in [0, 0.05) is 31.9 Å². The normalized spacial score (nSPS) is 17.4. The molecule has 0 unspecified atom stereocenters. The smallest absolute Gasteiger partial charge is 0.188 e. The molecule has 3 nitrogen and oxygen atoms in total. The number of benzene rings is 1. The average molecular weight is 292 g/mol. The van der Waals surface area contributed by atoms with Crippen LogP contribution in [0.1, 0.15) is 19.4 Å². The third kappa shape index (κ3) is 3.43. The second kappa shape index (κ2) is 5.88. The molecule has 1 aliphatic heterocycles. The van der Waals surface area contributed by atoms with Crippen molar-refractivity contribution in [1.82, 2.24) is 5.32 Å². The van der Waals surface area contributed by atoms with Crippen LogP contribution in [0.3, 0.4) is 0 Å². The van der Waals surface area contributed by atoms with E-state index in [1.165, 1.54) is 11.3 Å². The zero-order valence-electron chi connectivity index (χ0n) is 13.2. The first-order chi connectivity index (χ1) is 9.31. The minimum atomic E-state index is -2.17. The highest BCUT2D eigenvalue weighted by Crippen LogP contribution is 2.40. The molecular formula is C16H28N2OSi. The fourth-order valence-electron chi connectivity index (χ4n) is 2.57. The van der Waals surface area contributed by atoms with Gasteiger partial charge in [-0.15, -0.1) is 0 Å². The van der Waals surface area contributed by atoms with Gasteiger partial charge in [0.1, 0.15) is 0 Å². The van der Waals surface area contributed by atoms with E-state index in [1.54, 1.807) is 0 Å². The minimum Gasteiger partial charge on any atom is -0.432 e. The lowest BCUT2D eigenvalue weighted by molar-refractivity contribution is 0.467. The average Bonchev–Trinajstić information content (AvgIpc) is 2.38. The van der Waals surface area contributed by atoms with Gasteiger partial charge in [0.2, 0.25) is 0 Å². The summed E-state index contributed by atoms with van der Waals surface area (Å²) in [7, 11) is -2.17. The molecule has 1 aliphatic rings. The van der Waals surface area contributed by atoms with Crippen molar-refractivity contribution in [2.24, 2.45) is 0 Å². The van der Waals surface area contributed by atoms with Crippen molar-refractivity contribution in [2.75, 3.05) is 31.1 Å². The highest BCUT2D eigenvalue weighted by Gasteiger charge is 2.38. The molecule has 0 spiro atoms. The number of nitrogens with one attached hydrogen (secondary N) is 1. The summed E-state index contributed by atoms with van der Waals surface area (Å²) < 4.78 is 0. The van der Waals surface area contributed by atoms with E-state index in [9.17, 15) is 4.80 Å². The van der Waals surface area contributed by atoms with E-state index >= 15 is 0 Å². The van der Waals surface area contributed by atoms with Crippen LogP contribution in [0.2, 0.25) is 18.1 Å². The van der Waals surface area contributed by atoms with Gasteiger partial charge in [0.25, 0.3) is 0 Å². The Morgan fingerprint density at radius 1 is 1.20 bits per heavy atom. The molecule has 4 heteroatoms. The monoisotopic (exact) mass is 292 g/mol. The van der Waals surface area contributed by atoms with Crippen molar-refractivity contribution in [1.29, 1.82) is 0 Å². The third-order valence-electron chi connectivity index (χ3n) is 4.74. The number of anilines is 1. The Morgan fingerprint density at radius 2 is 1.80 bits per heavy atom. The van der Waals surface area contributed by atoms with E-state index in [0.29, 0.717) is 0 Å². The zero-order valence-corrected chi connectivity index (χ0v) is 14.2. The molecule has 1 fully saturated rings. The number of hydrogen-bond donors (Lipinski definition) is 2. The molecule has 20 heavy (non-hydrogen) atoms. The predicted octanol–water partition coefficient (Wildman–Crippen LogP) is 2.62. The largest absolute Gasteiger partial charge is 0.432 e. The lowest BCUT2D eigenvalue weighted by atomic mass is 9.99. The summed E-state index contributed by atoms with van der Waals surface area (Å²) in [6.45, 7) is 12.7. The number of piperazine rings is 1. The molecule has 0 bridgehead atoms. The Kier molecular flexibility index (Phi) is 4.57. The molecule has 0 radical (unpaired) electrons. The van der Waals surface area contributed by atoms with E-state index < -0.39 is 8.32 Å². The Bertz CT molecular complexity index is 448. The first kappa shape index (κ1) is 15.5. The topological polar surface area (TPSA) is 35.5 Å². The summed E-state index contributed by atoms with van der Waals surface area (Å²) in [4.78, 5) is 13.0. The summed E-state index contributed by atoms with van der Waals surface area (Å²) in [6.07, 6.45) is 0.947. The van der Waals surface area contributed by atoms with Crippen molar-refractivity contribution in [2.45, 2.75) is 38.4 Å². The lowest BCUT2D eigenvalue weighted by Gasteiger charge is -2.37. The Balaban J connectivity index is 2.24. The van der Waals surface area contributed by atoms with E-state index in [4.69, 9.17) is 0 Å². The van der Waals surface area contributed by atoms with Crippen LogP contribution in [0, 0.1) is 0 Å². The molecule has 2 rings (SSSR count). The van der Waals surface area contributed by atoms with Gasteiger partial charge in [0.15, 0.2) is 8.32 Å². The van der Waals surface area contributed by atoms with Gasteiger partial charge in [-0.05, 0) is 36.2 Å². The summed E-state index contributed by atoms with van der Waals surface area (Å²) in [5.74, 6) is 0. The molecule has 0 atom stereocenters. The van der Waals surface area contributed by atoms with Gasteiger partial charge < -0.3 is 15.0 Å². The first-order valence-corrected chi connectivity index (χ1v) is 10.5. The molecule has 112 valence electrons. The lowest BCUT2D eigenvalue weighted by Crippen LogP contribution is -2.44. The molecule has 0 aromatic heterocycles. The van der Waals surface area contributed by atoms with E-state index in [-0.39, 0.29) is 5.04 Å². The van der Waals surface area contributed by atoms with Crippen molar-refractivity contribution < 1.29 is 4.80 Å². The molecule has 0 amide bonds. The van der Waals surface area contributed by atoms with Crippen molar-refractivity contribution >= 4 is 14.0 Å². The van der Waals surface area contributed by atoms with E-state index in [0.717, 1.165) is 32.6 Å². The van der Waals surface area contributed by atoms with Crippen LogP contribution < -0.4 is 10.2 Å². The molecule has 1 aromatic rings. The van der Waals surface area contributed by atoms with Gasteiger partial charge in [-0.2, -0.15) is 0 Å². The summed E-state index contributed by atoms with van der Waals surface area (Å²) >= 11 is 0. The predicted molar refractivity (Wildman–Crippen MR) is 89.0 cm³/mol. The number of hydrogen-bond acceptors (Lipinski definition) is 3. The van der Waals surface area contributed by atoms with E-state index in [1.807, 2.05) is 13.1 Å². The van der Waals surface area contributed by atoms with Crippen LogP contribution in [0.5, 0.6) is 0 Å². The third-order valence-corrected chi connectivity index (χ3v) is 8.23. The van der Waals surface area contributed by atoms with Gasteiger partial charge >= 0.3 is 0 Å². The van der Waals surface area contributed by atoms with Crippen LogP contribution >= 0.6 is 0 Å². The highest BCUT2D eigenvalue weighted by molar-refractivity contribution is 6.72. The number of rotatable bonds is 4. The molecule has 1 heterocycles. The van der Waals surface area contributed by atoms with Gasteiger partial charge in [-0.25, -0.2) is 0 Å². The quantitative estimate of drug-likeness (QED) is 0.838. The fourth-order valence-corrected chi connectivity index (χ4v) is 3.19. The van der Waals surface area contributed by atoms with Gasteiger partial charge in [0.05, 0.1) is 0 Å². The van der Waals surface area contributed by atoms with Crippen LogP contribution in [0.15, 0.2) is 24.3 Å². The summed E-state index contributed by atoms with van der Waals surface area (Å²) in [5, 5.41) is 3.38. The van der Waals surface area contributed by atoms with Crippen LogP contribution in [-0.4, -0.2) is 39.3 Å². The Hall–Kier alpha value is -0.843. The number of nitrogens with zero attached hydrogens (tertiary/aromatic N) is 1. The standard InChI is InChI=1S/C16H28N2OSi/c1-16(2,20(3,4)19)13-14-7-5-6-8-15(14)18-11-9-17-10-12-18/h5-8,17,19H,9-13H2,1-4H3. The Morgan fingerprint density at radius 3 is 2.40 bits per heavy atom. The SMILES string of the molecule is CC(C)(Cc1ccccc1N1CCNCC1)[Si](C)(C)O. The number of para-hydroxylation sites is 1. The van der Waals surface area contributed by atoms with Crippen molar-refractivity contribution in [3.63, 3.8) is 0 Å². The molecule has 0 aliphatic carbocycles. The fraction of sp³-hybridized carbons (Fsp3) is 0.625. The van der Waals surface area contributed by atoms with Crippen molar-refractivity contribution in [3.8, 4) is 0 Å². The molecule has 1 saturated heterocycles. The maximum Gasteiger partial charge on any atom is 0.188 e. The summed E-state index contributed by atoms with van der Waals surface area (Å²) in [5.41, 5.74) is 2.72. The molecule has 2 N–H and O–H groups in total. The first-order valence-electron chi connectivity index (χ1n) is 7.57. The Labute approximate surface area is 124 Å². The van der Waals surface area contributed by atoms with Crippen LogP contribution in [0.25, 0.3) is 0 Å². The minimum absolute atomic E-state index is 0.0167. The zero-order chi connectivity index (χ0) is 14.8. The molecule has 0 saturated carbocycles. The van der Waals surface area contributed by atoms with Gasteiger partial charge in [-0.1, -0.05) is 32.0 Å². The van der Waals surface area contributed by atoms with Gasteiger partial charge in [-0.3, -0.25) is 0 Å². The summed E-state index contributed by atoms with van der Waals surface area (Å²) in [6, 6.07) is 8.68. The molecular weight excluding hydrogens is 264 g/mol. The van der Waals surface area contributed by atoms with Crippen LogP contribution in [0.4, 0.5) is 5.69 Å². The maximum absolute atomic E-state index is 10.5. The molecule has 1 aromatic carbocycles. The van der Waals surface area contributed by atoms with Crippen molar-refractivity contribution in [3.05, 3.63) is 29.8 Å².